The van der Waals surface area contributed by atoms with Crippen LogP contribution in [0.3, 0.4) is 0 Å². The molecule has 0 aliphatic carbocycles. The van der Waals surface area contributed by atoms with Crippen LogP contribution in [-0.2, 0) is 0 Å². The zero-order valence-electron chi connectivity index (χ0n) is 12.4. The molecule has 0 saturated carbocycles. The minimum Gasteiger partial charge on any atom is -0.543 e. The number of ether oxygens (including phenoxy) is 1. The van der Waals surface area contributed by atoms with Crippen molar-refractivity contribution in [3.63, 3.8) is 0 Å². The number of aromatic nitrogens is 2. The van der Waals surface area contributed by atoms with Gasteiger partial charge < -0.3 is 14.6 Å². The van der Waals surface area contributed by atoms with Crippen LogP contribution < -0.4 is 15.4 Å². The number of carbonyl (C=O) groups is 1. The molecule has 0 unspecified atom stereocenters. The molecule has 0 radical (unpaired) electrons. The lowest BCUT2D eigenvalue weighted by Gasteiger charge is -2.12. The molecule has 1 aromatic heterocycles. The number of carbonyl (C=O) groups excluding carboxylic acids is 1. The van der Waals surface area contributed by atoms with Gasteiger partial charge in [-0.1, -0.05) is 18.2 Å². The van der Waals surface area contributed by atoms with Gasteiger partial charge in [-0.3, -0.25) is 4.79 Å². The molecule has 116 valence electrons. The lowest BCUT2D eigenvalue weighted by molar-refractivity contribution is -0.255. The average molecular weight is 309 g/mol. The summed E-state index contributed by atoms with van der Waals surface area (Å²) in [6.45, 7) is 2.40. The van der Waals surface area contributed by atoms with Crippen molar-refractivity contribution in [1.29, 1.82) is 0 Å². The molecule has 0 N–H and O–H groups in total. The Morgan fingerprint density at radius 1 is 1.13 bits per heavy atom. The minimum atomic E-state index is -1.43. The van der Waals surface area contributed by atoms with Crippen molar-refractivity contribution in [2.45, 2.75) is 6.92 Å². The van der Waals surface area contributed by atoms with Crippen molar-refractivity contribution in [3.05, 3.63) is 64.6 Å². The van der Waals surface area contributed by atoms with E-state index in [1.165, 1.54) is 6.07 Å². The van der Waals surface area contributed by atoms with Crippen molar-refractivity contribution in [2.75, 3.05) is 6.61 Å². The summed E-state index contributed by atoms with van der Waals surface area (Å²) in [4.78, 5) is 23.9. The number of carboxylic acid groups (broad SMARTS) is 1. The zero-order chi connectivity index (χ0) is 16.4. The first-order valence-electron chi connectivity index (χ1n) is 7.08. The maximum absolute atomic E-state index is 12.6. The Hall–Kier alpha value is -3.15. The molecule has 6 nitrogen and oxygen atoms in total. The van der Waals surface area contributed by atoms with Gasteiger partial charge in [0.25, 0.3) is 5.56 Å². The third kappa shape index (κ3) is 2.66. The van der Waals surface area contributed by atoms with E-state index in [4.69, 9.17) is 4.74 Å². The molecule has 0 aliphatic rings. The highest BCUT2D eigenvalue weighted by Crippen LogP contribution is 2.17. The van der Waals surface area contributed by atoms with E-state index in [2.05, 4.69) is 5.10 Å². The maximum atomic E-state index is 12.6. The molecule has 0 bridgehead atoms. The molecule has 1 heterocycles. The van der Waals surface area contributed by atoms with E-state index in [0.717, 1.165) is 4.68 Å². The Bertz CT molecular complexity index is 929. The van der Waals surface area contributed by atoms with Gasteiger partial charge in [-0.15, -0.1) is 0 Å². The van der Waals surface area contributed by atoms with Crippen molar-refractivity contribution < 1.29 is 14.6 Å². The van der Waals surface area contributed by atoms with Crippen LogP contribution in [0.15, 0.2) is 53.3 Å². The summed E-state index contributed by atoms with van der Waals surface area (Å²) >= 11 is 0. The molecule has 3 aromatic rings. The number of hydrogen-bond acceptors (Lipinski definition) is 5. The number of carboxylic acids is 1. The minimum absolute atomic E-state index is 0.264. The molecule has 0 fully saturated rings. The van der Waals surface area contributed by atoms with E-state index in [1.54, 1.807) is 42.5 Å². The SMILES string of the molecule is CCOc1ccc(-n2nc(C(=O)[O-])c3ccccc3c2=O)cc1. The van der Waals surface area contributed by atoms with Crippen LogP contribution in [0.25, 0.3) is 16.5 Å². The second-order valence-electron chi connectivity index (χ2n) is 4.83. The fourth-order valence-corrected chi connectivity index (χ4v) is 2.37. The molecular weight excluding hydrogens is 296 g/mol. The van der Waals surface area contributed by atoms with Gasteiger partial charge in [-0.05, 0) is 37.3 Å². The van der Waals surface area contributed by atoms with Crippen molar-refractivity contribution in [2.24, 2.45) is 0 Å². The molecule has 0 saturated heterocycles. The van der Waals surface area contributed by atoms with Crippen LogP contribution in [-0.4, -0.2) is 22.4 Å². The van der Waals surface area contributed by atoms with Crippen LogP contribution in [0, 0.1) is 0 Å². The number of benzene rings is 2. The van der Waals surface area contributed by atoms with Gasteiger partial charge in [0.2, 0.25) is 0 Å². The van der Waals surface area contributed by atoms with Crippen molar-refractivity contribution >= 4 is 16.7 Å². The van der Waals surface area contributed by atoms with Crippen LogP contribution in [0.5, 0.6) is 5.75 Å². The Labute approximate surface area is 131 Å². The molecule has 23 heavy (non-hydrogen) atoms. The maximum Gasteiger partial charge on any atom is 0.279 e. The summed E-state index contributed by atoms with van der Waals surface area (Å²) in [5.74, 6) is -0.772. The number of hydrogen-bond donors (Lipinski definition) is 0. The lowest BCUT2D eigenvalue weighted by atomic mass is 10.1. The highest BCUT2D eigenvalue weighted by Gasteiger charge is 2.12. The van der Waals surface area contributed by atoms with E-state index in [0.29, 0.717) is 18.0 Å². The van der Waals surface area contributed by atoms with Gasteiger partial charge in [0.05, 0.1) is 23.6 Å². The highest BCUT2D eigenvalue weighted by molar-refractivity contribution is 6.00. The van der Waals surface area contributed by atoms with Crippen LogP contribution >= 0.6 is 0 Å². The van der Waals surface area contributed by atoms with E-state index in [1.807, 2.05) is 6.92 Å². The fourth-order valence-electron chi connectivity index (χ4n) is 2.37. The average Bonchev–Trinajstić information content (AvgIpc) is 2.56. The second-order valence-corrected chi connectivity index (χ2v) is 4.83. The smallest absolute Gasteiger partial charge is 0.279 e. The van der Waals surface area contributed by atoms with Gasteiger partial charge in [0.15, 0.2) is 0 Å². The van der Waals surface area contributed by atoms with Crippen molar-refractivity contribution in [3.8, 4) is 11.4 Å². The van der Waals surface area contributed by atoms with Gasteiger partial charge >= 0.3 is 0 Å². The Kier molecular flexibility index (Phi) is 3.80. The van der Waals surface area contributed by atoms with Crippen LogP contribution in [0.2, 0.25) is 0 Å². The molecule has 3 rings (SSSR count). The monoisotopic (exact) mass is 309 g/mol. The van der Waals surface area contributed by atoms with Crippen LogP contribution in [0.1, 0.15) is 17.4 Å². The van der Waals surface area contributed by atoms with E-state index >= 15 is 0 Å². The zero-order valence-corrected chi connectivity index (χ0v) is 12.4. The first kappa shape index (κ1) is 14.8. The van der Waals surface area contributed by atoms with Gasteiger partial charge in [0, 0.05) is 5.39 Å². The summed E-state index contributed by atoms with van der Waals surface area (Å²) in [6, 6.07) is 13.1. The first-order valence-corrected chi connectivity index (χ1v) is 7.08. The molecule has 6 heteroatoms. The number of aromatic carboxylic acids is 1. The highest BCUT2D eigenvalue weighted by atomic mass is 16.5. The molecule has 0 amide bonds. The number of nitrogens with zero attached hydrogens (tertiary/aromatic N) is 2. The Morgan fingerprint density at radius 3 is 2.39 bits per heavy atom. The fraction of sp³-hybridized carbons (Fsp3) is 0.118. The largest absolute Gasteiger partial charge is 0.543 e. The summed E-state index contributed by atoms with van der Waals surface area (Å²) in [5.41, 5.74) is -0.212. The van der Waals surface area contributed by atoms with Gasteiger partial charge in [-0.25, -0.2) is 0 Å². The van der Waals surface area contributed by atoms with Crippen LogP contribution in [0.4, 0.5) is 0 Å². The second kappa shape index (κ2) is 5.92. The van der Waals surface area contributed by atoms with Crippen molar-refractivity contribution in [1.82, 2.24) is 9.78 Å². The molecule has 0 spiro atoms. The van der Waals surface area contributed by atoms with Gasteiger partial charge in [-0.2, -0.15) is 9.78 Å². The lowest BCUT2D eigenvalue weighted by Crippen LogP contribution is -2.30. The Balaban J connectivity index is 2.23. The molecular formula is C17H13N2O4-. The normalized spacial score (nSPS) is 10.7. The quantitative estimate of drug-likeness (QED) is 0.722. The summed E-state index contributed by atoms with van der Waals surface area (Å²) in [6.07, 6.45) is 0. The molecule has 2 aromatic carbocycles. The topological polar surface area (TPSA) is 84.2 Å². The van der Waals surface area contributed by atoms with E-state index in [9.17, 15) is 14.7 Å². The number of fused-ring (bicyclic) bond motifs is 1. The Morgan fingerprint density at radius 2 is 1.78 bits per heavy atom. The summed E-state index contributed by atoms with van der Waals surface area (Å²) in [7, 11) is 0. The number of rotatable bonds is 4. The molecule has 0 atom stereocenters. The predicted molar refractivity (Wildman–Crippen MR) is 82.8 cm³/mol. The third-order valence-electron chi connectivity index (χ3n) is 3.39. The first-order chi connectivity index (χ1) is 11.1. The molecule has 0 aliphatic heterocycles. The van der Waals surface area contributed by atoms with E-state index in [-0.39, 0.29) is 16.5 Å². The predicted octanol–water partition coefficient (Wildman–Crippen LogP) is 1.15. The third-order valence-corrected chi connectivity index (χ3v) is 3.39. The summed E-state index contributed by atoms with van der Waals surface area (Å²) < 4.78 is 6.41. The summed E-state index contributed by atoms with van der Waals surface area (Å²) in [5, 5.41) is 15.8. The van der Waals surface area contributed by atoms with Gasteiger partial charge in [0.1, 0.15) is 11.4 Å². The standard InChI is InChI=1S/C17H14N2O4/c1-2-23-12-9-7-11(8-10-12)19-16(20)14-6-4-3-5-13(14)15(18-19)17(21)22/h3-10H,2H2,1H3,(H,21,22)/p-1. The van der Waals surface area contributed by atoms with E-state index < -0.39 is 11.5 Å².